The average molecular weight is 297 g/mol. The minimum atomic E-state index is -4.65. The highest BCUT2D eigenvalue weighted by atomic mass is 19.4. The van der Waals surface area contributed by atoms with Gasteiger partial charge in [0.1, 0.15) is 0 Å². The zero-order chi connectivity index (χ0) is 15.6. The molecule has 0 aromatic carbocycles. The van der Waals surface area contributed by atoms with Gasteiger partial charge < -0.3 is 4.90 Å². The molecule has 110 valence electrons. The number of aromatic nitrogens is 4. The lowest BCUT2D eigenvalue weighted by atomic mass is 10.2. The van der Waals surface area contributed by atoms with Crippen molar-refractivity contribution >= 4 is 11.6 Å². The second-order valence-electron chi connectivity index (χ2n) is 4.16. The Morgan fingerprint density at radius 1 is 1.24 bits per heavy atom. The Morgan fingerprint density at radius 3 is 2.48 bits per heavy atom. The number of carbonyl (C=O) groups is 1. The molecule has 2 rings (SSSR count). The molecule has 2 aromatic rings. The van der Waals surface area contributed by atoms with Crippen LogP contribution < -0.4 is 4.90 Å². The fourth-order valence-corrected chi connectivity index (χ4v) is 1.59. The molecule has 0 aliphatic carbocycles. The van der Waals surface area contributed by atoms with Gasteiger partial charge in [0.2, 0.25) is 5.82 Å². The summed E-state index contributed by atoms with van der Waals surface area (Å²) in [6.45, 7) is 1.32. The number of alkyl halides is 3. The van der Waals surface area contributed by atoms with Crippen LogP contribution in [-0.2, 0) is 6.18 Å². The van der Waals surface area contributed by atoms with Crippen molar-refractivity contribution in [3.63, 3.8) is 0 Å². The number of halogens is 3. The molecule has 0 saturated heterocycles. The summed E-state index contributed by atoms with van der Waals surface area (Å²) in [6, 6.07) is 1.55. The van der Waals surface area contributed by atoms with Crippen molar-refractivity contribution in [3.05, 3.63) is 41.7 Å². The number of hydrogen-bond acceptors (Lipinski definition) is 5. The lowest BCUT2D eigenvalue weighted by molar-refractivity contribution is -0.145. The molecule has 1 amide bonds. The SMILES string of the molecule is Cc1nc(C(F)(F)F)ncc1C(=O)N(C)c1ccnnc1. The van der Waals surface area contributed by atoms with Gasteiger partial charge in [0, 0.05) is 13.2 Å². The van der Waals surface area contributed by atoms with Crippen LogP contribution in [0.3, 0.4) is 0 Å². The molecule has 0 radical (unpaired) electrons. The molecule has 21 heavy (non-hydrogen) atoms. The molecule has 6 nitrogen and oxygen atoms in total. The van der Waals surface area contributed by atoms with Gasteiger partial charge in [0.05, 0.1) is 29.3 Å². The molecule has 0 aliphatic rings. The van der Waals surface area contributed by atoms with Gasteiger partial charge in [-0.25, -0.2) is 9.97 Å². The highest BCUT2D eigenvalue weighted by Crippen LogP contribution is 2.26. The third kappa shape index (κ3) is 3.12. The zero-order valence-corrected chi connectivity index (χ0v) is 11.1. The van der Waals surface area contributed by atoms with Crippen molar-refractivity contribution in [3.8, 4) is 0 Å². The van der Waals surface area contributed by atoms with Gasteiger partial charge in [-0.1, -0.05) is 0 Å². The van der Waals surface area contributed by atoms with E-state index in [1.54, 1.807) is 6.07 Å². The molecular formula is C12H10F3N5O. The van der Waals surface area contributed by atoms with Crippen molar-refractivity contribution in [2.45, 2.75) is 13.1 Å². The van der Waals surface area contributed by atoms with Gasteiger partial charge in [-0.2, -0.15) is 23.4 Å². The van der Waals surface area contributed by atoms with Crippen molar-refractivity contribution in [2.75, 3.05) is 11.9 Å². The summed E-state index contributed by atoms with van der Waals surface area (Å²) in [4.78, 5) is 20.0. The van der Waals surface area contributed by atoms with Gasteiger partial charge in [-0.05, 0) is 13.0 Å². The van der Waals surface area contributed by atoms with E-state index in [9.17, 15) is 18.0 Å². The second kappa shape index (κ2) is 5.43. The summed E-state index contributed by atoms with van der Waals surface area (Å²) >= 11 is 0. The first-order valence-corrected chi connectivity index (χ1v) is 5.76. The summed E-state index contributed by atoms with van der Waals surface area (Å²) in [5.74, 6) is -1.81. The van der Waals surface area contributed by atoms with Crippen molar-refractivity contribution in [1.82, 2.24) is 20.2 Å². The number of nitrogens with zero attached hydrogens (tertiary/aromatic N) is 5. The third-order valence-corrected chi connectivity index (χ3v) is 2.72. The maximum absolute atomic E-state index is 12.5. The Hall–Kier alpha value is -2.58. The summed E-state index contributed by atoms with van der Waals surface area (Å²) < 4.78 is 37.5. The number of rotatable bonds is 2. The van der Waals surface area contributed by atoms with E-state index in [4.69, 9.17) is 0 Å². The number of carbonyl (C=O) groups excluding carboxylic acids is 1. The van der Waals surface area contributed by atoms with E-state index in [0.717, 1.165) is 6.20 Å². The largest absolute Gasteiger partial charge is 0.451 e. The fraction of sp³-hybridized carbons (Fsp3) is 0.250. The van der Waals surface area contributed by atoms with Crippen molar-refractivity contribution in [2.24, 2.45) is 0 Å². The van der Waals surface area contributed by atoms with Crippen LogP contribution in [0.25, 0.3) is 0 Å². The first-order valence-electron chi connectivity index (χ1n) is 5.76. The van der Waals surface area contributed by atoms with E-state index in [0.29, 0.717) is 5.69 Å². The predicted octanol–water partition coefficient (Wildman–Crippen LogP) is 1.87. The van der Waals surface area contributed by atoms with Crippen molar-refractivity contribution < 1.29 is 18.0 Å². The maximum Gasteiger partial charge on any atom is 0.451 e. The highest BCUT2D eigenvalue weighted by Gasteiger charge is 2.35. The standard InChI is InChI=1S/C12H10F3N5O/c1-7-9(6-16-11(19-7)12(13,14)15)10(21)20(2)8-3-4-17-18-5-8/h3-6H,1-2H3. The molecule has 0 unspecified atom stereocenters. The van der Waals surface area contributed by atoms with Crippen molar-refractivity contribution in [1.29, 1.82) is 0 Å². The summed E-state index contributed by atoms with van der Waals surface area (Å²) in [5, 5.41) is 7.21. The third-order valence-electron chi connectivity index (χ3n) is 2.72. The fourth-order valence-electron chi connectivity index (χ4n) is 1.59. The minimum absolute atomic E-state index is 0.0117. The van der Waals surface area contributed by atoms with E-state index >= 15 is 0 Å². The lowest BCUT2D eigenvalue weighted by Crippen LogP contribution is -2.28. The Bertz CT molecular complexity index is 660. The maximum atomic E-state index is 12.5. The topological polar surface area (TPSA) is 71.9 Å². The molecular weight excluding hydrogens is 287 g/mol. The molecule has 9 heteroatoms. The molecule has 0 bridgehead atoms. The van der Waals surface area contributed by atoms with Gasteiger partial charge in [-0.3, -0.25) is 4.79 Å². The summed E-state index contributed by atoms with van der Waals surface area (Å²) in [7, 11) is 1.47. The molecule has 0 atom stereocenters. The lowest BCUT2D eigenvalue weighted by Gasteiger charge is -2.17. The van der Waals surface area contributed by atoms with Crippen LogP contribution in [0.2, 0.25) is 0 Å². The summed E-state index contributed by atoms with van der Waals surface area (Å²) in [5.41, 5.74) is 0.396. The quantitative estimate of drug-likeness (QED) is 0.846. The molecule has 0 saturated carbocycles. The van der Waals surface area contributed by atoms with Gasteiger partial charge in [0.15, 0.2) is 0 Å². The first-order chi connectivity index (χ1) is 9.80. The van der Waals surface area contributed by atoms with Crippen LogP contribution in [-0.4, -0.2) is 33.1 Å². The van der Waals surface area contributed by atoms with Crippen LogP contribution >= 0.6 is 0 Å². The Labute approximate surface area is 117 Å². The van der Waals surface area contributed by atoms with E-state index in [1.807, 2.05) is 0 Å². The van der Waals surface area contributed by atoms with Crippen LogP contribution in [0.5, 0.6) is 0 Å². The van der Waals surface area contributed by atoms with Gasteiger partial charge in [0.25, 0.3) is 5.91 Å². The van der Waals surface area contributed by atoms with Crippen LogP contribution in [0.15, 0.2) is 24.7 Å². The van der Waals surface area contributed by atoms with E-state index in [2.05, 4.69) is 20.2 Å². The van der Waals surface area contributed by atoms with Gasteiger partial charge in [-0.15, -0.1) is 0 Å². The normalized spacial score (nSPS) is 11.3. The molecule has 2 aromatic heterocycles. The molecule has 2 heterocycles. The summed E-state index contributed by atoms with van der Waals surface area (Å²) in [6.07, 6.45) is -1.01. The Morgan fingerprint density at radius 2 is 1.95 bits per heavy atom. The van der Waals surface area contributed by atoms with Crippen LogP contribution in [0.1, 0.15) is 21.9 Å². The van der Waals surface area contributed by atoms with E-state index < -0.39 is 17.9 Å². The molecule has 0 N–H and O–H groups in total. The van der Waals surface area contributed by atoms with Gasteiger partial charge >= 0.3 is 6.18 Å². The predicted molar refractivity (Wildman–Crippen MR) is 66.5 cm³/mol. The number of hydrogen-bond donors (Lipinski definition) is 0. The molecule has 0 fully saturated rings. The Kier molecular flexibility index (Phi) is 3.83. The smallest absolute Gasteiger partial charge is 0.310 e. The van der Waals surface area contributed by atoms with Crippen LogP contribution in [0.4, 0.5) is 18.9 Å². The number of aryl methyl sites for hydroxylation is 1. The minimum Gasteiger partial charge on any atom is -0.310 e. The Balaban J connectivity index is 2.32. The zero-order valence-electron chi connectivity index (χ0n) is 11.1. The average Bonchev–Trinajstić information content (AvgIpc) is 2.45. The number of amides is 1. The van der Waals surface area contributed by atoms with E-state index in [1.165, 1.54) is 31.3 Å². The second-order valence-corrected chi connectivity index (χ2v) is 4.16. The van der Waals surface area contributed by atoms with Crippen LogP contribution in [0, 0.1) is 6.92 Å². The molecule has 0 aliphatic heterocycles. The first kappa shape index (κ1) is 14.8. The monoisotopic (exact) mass is 297 g/mol. The number of anilines is 1. The molecule has 0 spiro atoms. The highest BCUT2D eigenvalue weighted by molar-refractivity contribution is 6.06. The van der Waals surface area contributed by atoms with E-state index in [-0.39, 0.29) is 11.3 Å².